The van der Waals surface area contributed by atoms with Crippen LogP contribution in [0.3, 0.4) is 0 Å². The van der Waals surface area contributed by atoms with Crippen LogP contribution in [0, 0.1) is 13.8 Å². The van der Waals surface area contributed by atoms with Crippen molar-refractivity contribution in [3.8, 4) is 0 Å². The molecule has 0 saturated heterocycles. The van der Waals surface area contributed by atoms with Gasteiger partial charge in [0, 0.05) is 26.2 Å². The summed E-state index contributed by atoms with van der Waals surface area (Å²) in [6, 6.07) is 8.12. The zero-order chi connectivity index (χ0) is 14.0. The molecule has 0 aliphatic heterocycles. The summed E-state index contributed by atoms with van der Waals surface area (Å²) in [5, 5.41) is 0. The van der Waals surface area contributed by atoms with Crippen molar-refractivity contribution >= 4 is 33.0 Å². The third-order valence-corrected chi connectivity index (χ3v) is 5.64. The fourth-order valence-corrected chi connectivity index (χ4v) is 3.26. The molecular weight excluding hydrogens is 320 g/mol. The van der Waals surface area contributed by atoms with E-state index < -0.39 is 0 Å². The Balaban J connectivity index is 2.20. The zero-order valence-electron chi connectivity index (χ0n) is 11.4. The van der Waals surface area contributed by atoms with Crippen LogP contribution in [0.25, 0.3) is 0 Å². The number of aryl methyl sites for hydroxylation is 3. The quantitative estimate of drug-likeness (QED) is 0.708. The van der Waals surface area contributed by atoms with Crippen LogP contribution in [0.5, 0.6) is 0 Å². The Hall–Kier alpha value is -0.930. The number of benzene rings is 1. The molecule has 1 heterocycles. The Kier molecular flexibility index (Phi) is 4.58. The van der Waals surface area contributed by atoms with E-state index in [-0.39, 0.29) is 5.78 Å². The summed E-state index contributed by atoms with van der Waals surface area (Å²) in [6.07, 6.45) is 1.54. The van der Waals surface area contributed by atoms with Crippen molar-refractivity contribution < 1.29 is 4.79 Å². The van der Waals surface area contributed by atoms with Gasteiger partial charge in [-0.05, 0) is 55.7 Å². The molecule has 2 aromatic rings. The van der Waals surface area contributed by atoms with E-state index in [2.05, 4.69) is 35.0 Å². The summed E-state index contributed by atoms with van der Waals surface area (Å²) >= 11 is 5.27. The molecule has 0 bridgehead atoms. The minimum Gasteiger partial charge on any atom is -0.294 e. The average molecular weight is 337 g/mol. The van der Waals surface area contributed by atoms with Crippen molar-refractivity contribution in [1.82, 2.24) is 0 Å². The van der Waals surface area contributed by atoms with Crippen LogP contribution in [-0.4, -0.2) is 5.78 Å². The van der Waals surface area contributed by atoms with Crippen LogP contribution >= 0.6 is 27.3 Å². The van der Waals surface area contributed by atoms with E-state index in [0.29, 0.717) is 6.42 Å². The molecule has 1 aromatic heterocycles. The van der Waals surface area contributed by atoms with Gasteiger partial charge in [0.25, 0.3) is 0 Å². The fourth-order valence-electron chi connectivity index (χ4n) is 2.07. The Bertz CT molecular complexity index is 590. The highest BCUT2D eigenvalue weighted by atomic mass is 79.9. The summed E-state index contributed by atoms with van der Waals surface area (Å²) in [7, 11) is 0. The minimum absolute atomic E-state index is 0.197. The normalized spacial score (nSPS) is 10.7. The first-order chi connectivity index (χ1) is 9.01. The lowest BCUT2D eigenvalue weighted by atomic mass is 10.0. The molecule has 0 radical (unpaired) electrons. The number of thiophene rings is 1. The van der Waals surface area contributed by atoms with Gasteiger partial charge in [-0.15, -0.1) is 11.3 Å². The molecule has 1 aromatic carbocycles. The monoisotopic (exact) mass is 336 g/mol. The number of rotatable bonds is 4. The Labute approximate surface area is 126 Å². The molecule has 0 fully saturated rings. The highest BCUT2D eigenvalue weighted by Crippen LogP contribution is 2.24. The second-order valence-electron chi connectivity index (χ2n) is 4.75. The molecule has 0 amide bonds. The third kappa shape index (κ3) is 3.34. The molecule has 0 aliphatic carbocycles. The van der Waals surface area contributed by atoms with Crippen LogP contribution in [-0.2, 0) is 12.8 Å². The summed E-state index contributed by atoms with van der Waals surface area (Å²) in [4.78, 5) is 14.8. The maximum absolute atomic E-state index is 12.3. The smallest absolute Gasteiger partial charge is 0.168 e. The molecule has 3 heteroatoms. The van der Waals surface area contributed by atoms with Crippen molar-refractivity contribution in [2.75, 3.05) is 0 Å². The van der Waals surface area contributed by atoms with Gasteiger partial charge in [0.1, 0.15) is 0 Å². The predicted molar refractivity (Wildman–Crippen MR) is 85.3 cm³/mol. The summed E-state index contributed by atoms with van der Waals surface area (Å²) in [5.74, 6) is 0.197. The maximum Gasteiger partial charge on any atom is 0.168 e. The number of hydrogen-bond acceptors (Lipinski definition) is 2. The van der Waals surface area contributed by atoms with Crippen molar-refractivity contribution in [3.63, 3.8) is 0 Å². The van der Waals surface area contributed by atoms with Gasteiger partial charge in [-0.25, -0.2) is 0 Å². The first kappa shape index (κ1) is 14.5. The minimum atomic E-state index is 0.197. The van der Waals surface area contributed by atoms with Crippen molar-refractivity contribution in [2.45, 2.75) is 33.6 Å². The molecule has 0 unspecified atom stereocenters. The number of ketones is 1. The van der Waals surface area contributed by atoms with Gasteiger partial charge in [-0.2, -0.15) is 0 Å². The SMILES string of the molecule is CCc1ccc(CC(=O)c2cc(C)c(Br)c(C)c2)s1. The summed E-state index contributed by atoms with van der Waals surface area (Å²) in [5.41, 5.74) is 3.04. The van der Waals surface area contributed by atoms with Crippen molar-refractivity contribution in [3.05, 3.63) is 55.2 Å². The van der Waals surface area contributed by atoms with Gasteiger partial charge in [0.2, 0.25) is 0 Å². The second-order valence-corrected chi connectivity index (χ2v) is 6.79. The Morgan fingerprint density at radius 1 is 1.16 bits per heavy atom. The molecule has 0 atom stereocenters. The molecule has 2 rings (SSSR count). The molecule has 0 N–H and O–H groups in total. The molecule has 0 aliphatic rings. The lowest BCUT2D eigenvalue weighted by Crippen LogP contribution is -2.03. The number of carbonyl (C=O) groups is 1. The molecular formula is C16H17BrOS. The van der Waals surface area contributed by atoms with Crippen molar-refractivity contribution in [2.24, 2.45) is 0 Å². The van der Waals surface area contributed by atoms with Gasteiger partial charge < -0.3 is 0 Å². The van der Waals surface area contributed by atoms with E-state index >= 15 is 0 Å². The fraction of sp³-hybridized carbons (Fsp3) is 0.312. The number of Topliss-reactive ketones (excluding diaryl/α,β-unsaturated/α-hetero) is 1. The van der Waals surface area contributed by atoms with Crippen LogP contribution in [0.1, 0.15) is 38.2 Å². The second kappa shape index (κ2) is 6.02. The summed E-state index contributed by atoms with van der Waals surface area (Å²) < 4.78 is 1.09. The van der Waals surface area contributed by atoms with Gasteiger partial charge in [0.15, 0.2) is 5.78 Å². The van der Waals surface area contributed by atoms with Crippen LogP contribution in [0.15, 0.2) is 28.7 Å². The lowest BCUT2D eigenvalue weighted by Gasteiger charge is -2.06. The zero-order valence-corrected chi connectivity index (χ0v) is 13.8. The molecule has 100 valence electrons. The van der Waals surface area contributed by atoms with Gasteiger partial charge in [0.05, 0.1) is 0 Å². The lowest BCUT2D eigenvalue weighted by molar-refractivity contribution is 0.0993. The molecule has 0 saturated carbocycles. The van der Waals surface area contributed by atoms with Crippen LogP contribution < -0.4 is 0 Å². The van der Waals surface area contributed by atoms with E-state index in [1.807, 2.05) is 26.0 Å². The number of halogens is 1. The van der Waals surface area contributed by atoms with Gasteiger partial charge >= 0.3 is 0 Å². The average Bonchev–Trinajstić information content (AvgIpc) is 2.83. The van der Waals surface area contributed by atoms with Crippen LogP contribution in [0.2, 0.25) is 0 Å². The van der Waals surface area contributed by atoms with E-state index in [1.165, 1.54) is 4.88 Å². The first-order valence-corrected chi connectivity index (χ1v) is 7.99. The topological polar surface area (TPSA) is 17.1 Å². The predicted octanol–water partition coefficient (Wildman–Crippen LogP) is 5.12. The van der Waals surface area contributed by atoms with E-state index in [0.717, 1.165) is 32.5 Å². The highest BCUT2D eigenvalue weighted by Gasteiger charge is 2.11. The number of hydrogen-bond donors (Lipinski definition) is 0. The number of carbonyl (C=O) groups excluding carboxylic acids is 1. The summed E-state index contributed by atoms with van der Waals surface area (Å²) in [6.45, 7) is 6.18. The third-order valence-electron chi connectivity index (χ3n) is 3.16. The molecule has 1 nitrogen and oxygen atoms in total. The van der Waals surface area contributed by atoms with Gasteiger partial charge in [-0.1, -0.05) is 22.9 Å². The van der Waals surface area contributed by atoms with E-state index in [9.17, 15) is 4.79 Å². The largest absolute Gasteiger partial charge is 0.294 e. The van der Waals surface area contributed by atoms with E-state index in [1.54, 1.807) is 11.3 Å². The Morgan fingerprint density at radius 2 is 1.74 bits per heavy atom. The Morgan fingerprint density at radius 3 is 2.26 bits per heavy atom. The molecule has 0 spiro atoms. The van der Waals surface area contributed by atoms with Gasteiger partial charge in [-0.3, -0.25) is 4.79 Å². The highest BCUT2D eigenvalue weighted by molar-refractivity contribution is 9.10. The molecule has 19 heavy (non-hydrogen) atoms. The van der Waals surface area contributed by atoms with E-state index in [4.69, 9.17) is 0 Å². The van der Waals surface area contributed by atoms with Crippen LogP contribution in [0.4, 0.5) is 0 Å². The maximum atomic E-state index is 12.3. The van der Waals surface area contributed by atoms with Crippen molar-refractivity contribution in [1.29, 1.82) is 0 Å². The first-order valence-electron chi connectivity index (χ1n) is 6.38. The standard InChI is InChI=1S/C16H17BrOS/c1-4-13-5-6-14(19-13)9-15(18)12-7-10(2)16(17)11(3)8-12/h5-8H,4,9H2,1-3H3.